The zero-order valence-corrected chi connectivity index (χ0v) is 12.8. The third kappa shape index (κ3) is 2.33. The molecule has 0 aliphatic carbocycles. The van der Waals surface area contributed by atoms with E-state index in [1.165, 1.54) is 0 Å². The lowest BCUT2D eigenvalue weighted by Crippen LogP contribution is -2.63. The molecule has 5 heteroatoms. The predicted molar refractivity (Wildman–Crippen MR) is 80.1 cm³/mol. The molecule has 1 aliphatic heterocycles. The molecule has 0 saturated carbocycles. The van der Waals surface area contributed by atoms with E-state index >= 15 is 0 Å². The number of imide groups is 1. The highest BCUT2D eigenvalue weighted by Crippen LogP contribution is 2.40. The molecule has 0 bridgehead atoms. The van der Waals surface area contributed by atoms with Gasteiger partial charge >= 0.3 is 0 Å². The lowest BCUT2D eigenvalue weighted by Gasteiger charge is -2.42. The number of hydrogen-bond donors (Lipinski definition) is 0. The van der Waals surface area contributed by atoms with E-state index in [2.05, 4.69) is 5.10 Å². The third-order valence-corrected chi connectivity index (χ3v) is 4.15. The molecule has 1 heterocycles. The molecular formula is C16H20N2O3. The maximum absolute atomic E-state index is 12.2. The topological polar surface area (TPSA) is 59.0 Å². The van der Waals surface area contributed by atoms with E-state index in [4.69, 9.17) is 4.74 Å². The van der Waals surface area contributed by atoms with Gasteiger partial charge in [0.1, 0.15) is 11.2 Å². The molecule has 112 valence electrons. The average Bonchev–Trinajstić information content (AvgIpc) is 2.53. The van der Waals surface area contributed by atoms with Gasteiger partial charge in [-0.2, -0.15) is 10.1 Å². The largest absolute Gasteiger partial charge is 0.497 e. The molecule has 1 aromatic rings. The third-order valence-electron chi connectivity index (χ3n) is 4.15. The van der Waals surface area contributed by atoms with Gasteiger partial charge in [-0.1, -0.05) is 26.0 Å². The minimum atomic E-state index is -0.863. The van der Waals surface area contributed by atoms with Crippen molar-refractivity contribution in [3.8, 4) is 5.75 Å². The number of hydrazone groups is 1. The molecule has 1 fully saturated rings. The second-order valence-electron chi connectivity index (χ2n) is 5.13. The van der Waals surface area contributed by atoms with Gasteiger partial charge in [0.15, 0.2) is 0 Å². The van der Waals surface area contributed by atoms with Crippen LogP contribution in [0.3, 0.4) is 0 Å². The molecule has 1 saturated heterocycles. The number of ether oxygens (including phenoxy) is 1. The van der Waals surface area contributed by atoms with Crippen LogP contribution in [0.15, 0.2) is 29.4 Å². The number of β-lactam (4-membered cyclic amide) rings is 2. The van der Waals surface area contributed by atoms with Crippen molar-refractivity contribution >= 4 is 17.5 Å². The van der Waals surface area contributed by atoms with Crippen molar-refractivity contribution in [3.05, 3.63) is 29.8 Å². The first kappa shape index (κ1) is 15.2. The molecule has 0 aromatic heterocycles. The van der Waals surface area contributed by atoms with Gasteiger partial charge < -0.3 is 4.74 Å². The van der Waals surface area contributed by atoms with E-state index in [0.717, 1.165) is 10.6 Å². The van der Waals surface area contributed by atoms with Crippen LogP contribution in [0.4, 0.5) is 0 Å². The normalized spacial score (nSPS) is 17.7. The Hall–Kier alpha value is -2.17. The number of amides is 2. The molecule has 0 N–H and O–H groups in total. The second-order valence-corrected chi connectivity index (χ2v) is 5.13. The summed E-state index contributed by atoms with van der Waals surface area (Å²) in [4.78, 5) is 24.4. The van der Waals surface area contributed by atoms with Gasteiger partial charge in [-0.25, -0.2) is 0 Å². The minimum absolute atomic E-state index is 0.209. The quantitative estimate of drug-likeness (QED) is 0.475. The number of methoxy groups -OCH3 is 1. The van der Waals surface area contributed by atoms with Gasteiger partial charge in [0.2, 0.25) is 0 Å². The van der Waals surface area contributed by atoms with Crippen LogP contribution in [0.2, 0.25) is 0 Å². The van der Waals surface area contributed by atoms with Crippen LogP contribution in [0.25, 0.3) is 0 Å². The van der Waals surface area contributed by atoms with E-state index in [-0.39, 0.29) is 11.8 Å². The molecule has 21 heavy (non-hydrogen) atoms. The van der Waals surface area contributed by atoms with E-state index < -0.39 is 5.41 Å². The number of carbonyl (C=O) groups is 2. The van der Waals surface area contributed by atoms with Gasteiger partial charge in [-0.3, -0.25) is 9.59 Å². The van der Waals surface area contributed by atoms with Gasteiger partial charge in [-0.15, -0.1) is 0 Å². The smallest absolute Gasteiger partial charge is 0.265 e. The van der Waals surface area contributed by atoms with Gasteiger partial charge in [-0.05, 0) is 31.9 Å². The van der Waals surface area contributed by atoms with Crippen molar-refractivity contribution < 1.29 is 14.3 Å². The Morgan fingerprint density at radius 2 is 1.86 bits per heavy atom. The number of rotatable bonds is 5. The Morgan fingerprint density at radius 1 is 1.24 bits per heavy atom. The summed E-state index contributed by atoms with van der Waals surface area (Å²) in [6.07, 6.45) is 1.04. The van der Waals surface area contributed by atoms with Crippen LogP contribution >= 0.6 is 0 Å². The Labute approximate surface area is 124 Å². The summed E-state index contributed by atoms with van der Waals surface area (Å²) in [5, 5.41) is 5.16. The fourth-order valence-corrected chi connectivity index (χ4v) is 2.54. The lowest BCUT2D eigenvalue weighted by molar-refractivity contribution is -0.177. The average molecular weight is 288 g/mol. The highest BCUT2D eigenvalue weighted by molar-refractivity contribution is 6.22. The molecule has 1 aromatic carbocycles. The SMILES string of the molecule is CCC1(CC)C(=O)N(/N=C(\C)c2cccc(OC)c2)C1=O. The molecule has 1 aliphatic rings. The molecular weight excluding hydrogens is 268 g/mol. The number of carbonyl (C=O) groups excluding carboxylic acids is 2. The summed E-state index contributed by atoms with van der Waals surface area (Å²) in [7, 11) is 1.59. The van der Waals surface area contributed by atoms with Crippen molar-refractivity contribution in [2.75, 3.05) is 7.11 Å². The van der Waals surface area contributed by atoms with Crippen LogP contribution in [-0.2, 0) is 9.59 Å². The number of hydrogen-bond acceptors (Lipinski definition) is 4. The summed E-state index contributed by atoms with van der Waals surface area (Å²) in [6.45, 7) is 5.48. The molecule has 0 spiro atoms. The Bertz CT molecular complexity index is 585. The van der Waals surface area contributed by atoms with Crippen LogP contribution in [0.5, 0.6) is 5.75 Å². The predicted octanol–water partition coefficient (Wildman–Crippen LogP) is 2.59. The van der Waals surface area contributed by atoms with E-state index in [0.29, 0.717) is 24.3 Å². The molecule has 2 amide bonds. The van der Waals surface area contributed by atoms with E-state index in [1.807, 2.05) is 38.1 Å². The van der Waals surface area contributed by atoms with E-state index in [9.17, 15) is 9.59 Å². The minimum Gasteiger partial charge on any atom is -0.497 e. The van der Waals surface area contributed by atoms with Gasteiger partial charge in [0.25, 0.3) is 11.8 Å². The van der Waals surface area contributed by atoms with Gasteiger partial charge in [0.05, 0.1) is 12.8 Å². The molecule has 0 radical (unpaired) electrons. The highest BCUT2D eigenvalue weighted by atomic mass is 16.5. The summed E-state index contributed by atoms with van der Waals surface area (Å²) < 4.78 is 5.16. The van der Waals surface area contributed by atoms with Crippen LogP contribution in [0.1, 0.15) is 39.2 Å². The monoisotopic (exact) mass is 288 g/mol. The fraction of sp³-hybridized carbons (Fsp3) is 0.438. The van der Waals surface area contributed by atoms with Crippen molar-refractivity contribution in [3.63, 3.8) is 0 Å². The van der Waals surface area contributed by atoms with Crippen LogP contribution in [0, 0.1) is 5.41 Å². The van der Waals surface area contributed by atoms with Crippen LogP contribution in [-0.4, -0.2) is 29.6 Å². The van der Waals surface area contributed by atoms with Crippen LogP contribution < -0.4 is 4.74 Å². The van der Waals surface area contributed by atoms with Crippen molar-refractivity contribution in [1.29, 1.82) is 0 Å². The maximum atomic E-state index is 12.2. The first-order valence-corrected chi connectivity index (χ1v) is 7.08. The van der Waals surface area contributed by atoms with Crippen molar-refractivity contribution in [2.24, 2.45) is 10.5 Å². The molecule has 5 nitrogen and oxygen atoms in total. The second kappa shape index (κ2) is 5.68. The molecule has 0 atom stereocenters. The first-order valence-electron chi connectivity index (χ1n) is 7.08. The maximum Gasteiger partial charge on any atom is 0.265 e. The highest BCUT2D eigenvalue weighted by Gasteiger charge is 2.59. The fourth-order valence-electron chi connectivity index (χ4n) is 2.54. The first-order chi connectivity index (χ1) is 10.00. The standard InChI is InChI=1S/C16H20N2O3/c1-5-16(6-2)14(19)18(15(16)20)17-11(3)12-8-7-9-13(10-12)21-4/h7-10H,5-6H2,1-4H3/b17-11+. The lowest BCUT2D eigenvalue weighted by atomic mass is 9.74. The Balaban J connectivity index is 2.25. The van der Waals surface area contributed by atoms with Gasteiger partial charge in [0, 0.05) is 5.56 Å². The number of benzene rings is 1. The molecule has 0 unspecified atom stereocenters. The summed E-state index contributed by atoms with van der Waals surface area (Å²) in [5.74, 6) is 0.291. The Morgan fingerprint density at radius 3 is 2.38 bits per heavy atom. The Kier molecular flexibility index (Phi) is 4.11. The zero-order valence-electron chi connectivity index (χ0n) is 12.8. The summed E-state index contributed by atoms with van der Waals surface area (Å²) in [5.41, 5.74) is 0.565. The molecule has 2 rings (SSSR count). The summed E-state index contributed by atoms with van der Waals surface area (Å²) in [6, 6.07) is 7.36. The van der Waals surface area contributed by atoms with Crippen molar-refractivity contribution in [1.82, 2.24) is 5.01 Å². The zero-order chi connectivity index (χ0) is 15.6. The van der Waals surface area contributed by atoms with E-state index in [1.54, 1.807) is 14.0 Å². The van der Waals surface area contributed by atoms with Crippen molar-refractivity contribution in [2.45, 2.75) is 33.6 Å². The number of nitrogens with zero attached hydrogens (tertiary/aromatic N) is 2. The summed E-state index contributed by atoms with van der Waals surface area (Å²) >= 11 is 0.